The summed E-state index contributed by atoms with van der Waals surface area (Å²) in [4.78, 5) is 2.22. The van der Waals surface area contributed by atoms with Gasteiger partial charge in [-0.15, -0.1) is 11.3 Å². The number of thiophene rings is 1. The predicted octanol–water partition coefficient (Wildman–Crippen LogP) is 4.68. The number of rotatable bonds is 7. The van der Waals surface area contributed by atoms with Crippen molar-refractivity contribution in [2.45, 2.75) is 39.3 Å². The van der Waals surface area contributed by atoms with E-state index < -0.39 is 0 Å². The average Bonchev–Trinajstić information content (AvgIpc) is 2.55. The smallest absolute Gasteiger partial charge is 0.0991 e. The number of nitrogens with zero attached hydrogens (tertiary/aromatic N) is 1. The highest BCUT2D eigenvalue weighted by Gasteiger charge is 2.18. The summed E-state index contributed by atoms with van der Waals surface area (Å²) in [5, 5.41) is 3.67. The summed E-state index contributed by atoms with van der Waals surface area (Å²) < 4.78 is 1.54. The molecule has 0 fully saturated rings. The van der Waals surface area contributed by atoms with Crippen LogP contribution in [0.2, 0.25) is 8.67 Å². The first-order valence-electron chi connectivity index (χ1n) is 6.65. The fourth-order valence-electron chi connectivity index (χ4n) is 2.30. The normalized spacial score (nSPS) is 15.2. The highest BCUT2D eigenvalue weighted by Crippen LogP contribution is 2.35. The minimum atomic E-state index is 0.222. The quantitative estimate of drug-likeness (QED) is 0.783. The molecule has 19 heavy (non-hydrogen) atoms. The molecule has 1 aromatic rings. The van der Waals surface area contributed by atoms with Gasteiger partial charge in [-0.1, -0.05) is 37.0 Å². The maximum Gasteiger partial charge on any atom is 0.0991 e. The summed E-state index contributed by atoms with van der Waals surface area (Å²) in [7, 11) is 4.21. The van der Waals surface area contributed by atoms with Crippen LogP contribution in [-0.4, -0.2) is 31.6 Å². The number of nitrogens with one attached hydrogen (secondary N) is 1. The van der Waals surface area contributed by atoms with E-state index in [1.165, 1.54) is 11.3 Å². The SMILES string of the molecule is CC(C)CC(CN(C)C)NC(C)c1cc(Cl)sc1Cl. The molecule has 0 aliphatic heterocycles. The summed E-state index contributed by atoms with van der Waals surface area (Å²) in [6.45, 7) is 7.68. The molecule has 110 valence electrons. The third kappa shape index (κ3) is 6.01. The van der Waals surface area contributed by atoms with Crippen molar-refractivity contribution in [3.05, 3.63) is 20.3 Å². The molecule has 0 aromatic carbocycles. The molecule has 2 atom stereocenters. The second-order valence-corrected chi connectivity index (χ2v) is 8.04. The standard InChI is InChI=1S/C14H24Cl2N2S/c1-9(2)6-11(8-18(4)5)17-10(3)12-7-13(15)19-14(12)16/h7,9-11,17H,6,8H2,1-5H3. The van der Waals surface area contributed by atoms with Crippen LogP contribution >= 0.6 is 34.5 Å². The van der Waals surface area contributed by atoms with Crippen molar-refractivity contribution >= 4 is 34.5 Å². The number of hydrogen-bond donors (Lipinski definition) is 1. The van der Waals surface area contributed by atoms with Crippen molar-refractivity contribution in [2.24, 2.45) is 5.92 Å². The van der Waals surface area contributed by atoms with Crippen molar-refractivity contribution in [3.8, 4) is 0 Å². The van der Waals surface area contributed by atoms with Crippen molar-refractivity contribution in [1.82, 2.24) is 10.2 Å². The van der Waals surface area contributed by atoms with Gasteiger partial charge >= 0.3 is 0 Å². The molecule has 0 amide bonds. The maximum atomic E-state index is 6.22. The van der Waals surface area contributed by atoms with Crippen LogP contribution in [0.15, 0.2) is 6.07 Å². The van der Waals surface area contributed by atoms with Gasteiger partial charge in [-0.25, -0.2) is 0 Å². The van der Waals surface area contributed by atoms with Crippen molar-refractivity contribution in [1.29, 1.82) is 0 Å². The van der Waals surface area contributed by atoms with E-state index in [9.17, 15) is 0 Å². The Labute approximate surface area is 131 Å². The molecule has 0 aliphatic carbocycles. The highest BCUT2D eigenvalue weighted by molar-refractivity contribution is 7.20. The average molecular weight is 323 g/mol. The minimum Gasteiger partial charge on any atom is -0.308 e. The molecule has 5 heteroatoms. The first kappa shape index (κ1) is 17.3. The van der Waals surface area contributed by atoms with E-state index in [1.54, 1.807) is 0 Å². The van der Waals surface area contributed by atoms with Gasteiger partial charge in [-0.2, -0.15) is 0 Å². The molecule has 1 rings (SSSR count). The van der Waals surface area contributed by atoms with Crippen LogP contribution < -0.4 is 5.32 Å². The lowest BCUT2D eigenvalue weighted by Crippen LogP contribution is -2.40. The summed E-state index contributed by atoms with van der Waals surface area (Å²) in [5.74, 6) is 0.672. The van der Waals surface area contributed by atoms with Gasteiger partial charge in [-0.3, -0.25) is 0 Å². The zero-order valence-electron chi connectivity index (χ0n) is 12.3. The first-order valence-corrected chi connectivity index (χ1v) is 8.22. The lowest BCUT2D eigenvalue weighted by molar-refractivity contribution is 0.291. The molecular weight excluding hydrogens is 299 g/mol. The lowest BCUT2D eigenvalue weighted by atomic mass is 10.0. The van der Waals surface area contributed by atoms with Crippen molar-refractivity contribution in [2.75, 3.05) is 20.6 Å². The molecule has 0 radical (unpaired) electrons. The topological polar surface area (TPSA) is 15.3 Å². The Kier molecular flexibility index (Phi) is 7.12. The van der Waals surface area contributed by atoms with Crippen LogP contribution in [0.1, 0.15) is 38.8 Å². The molecule has 0 saturated heterocycles. The fraction of sp³-hybridized carbons (Fsp3) is 0.714. The molecular formula is C14H24Cl2N2S. The van der Waals surface area contributed by atoms with Gasteiger partial charge in [-0.05, 0) is 45.0 Å². The highest BCUT2D eigenvalue weighted by atomic mass is 35.5. The van der Waals surface area contributed by atoms with E-state index in [0.717, 1.165) is 27.2 Å². The van der Waals surface area contributed by atoms with Crippen molar-refractivity contribution in [3.63, 3.8) is 0 Å². The van der Waals surface area contributed by atoms with E-state index in [4.69, 9.17) is 23.2 Å². The Morgan fingerprint density at radius 3 is 2.32 bits per heavy atom. The second kappa shape index (κ2) is 7.84. The number of hydrogen-bond acceptors (Lipinski definition) is 3. The van der Waals surface area contributed by atoms with Crippen LogP contribution in [0.4, 0.5) is 0 Å². The molecule has 1 aromatic heterocycles. The fourth-order valence-corrected chi connectivity index (χ4v) is 3.94. The molecule has 2 nitrogen and oxygen atoms in total. The number of likely N-dealkylation sites (N-methyl/N-ethyl adjacent to an activating group) is 1. The Balaban J connectivity index is 2.69. The van der Waals surface area contributed by atoms with E-state index in [1.807, 2.05) is 6.07 Å². The van der Waals surface area contributed by atoms with E-state index in [0.29, 0.717) is 12.0 Å². The van der Waals surface area contributed by atoms with Crippen LogP contribution in [0.25, 0.3) is 0 Å². The summed E-state index contributed by atoms with van der Waals surface area (Å²) in [6.07, 6.45) is 1.15. The third-order valence-corrected chi connectivity index (χ3v) is 4.49. The van der Waals surface area contributed by atoms with Crippen LogP contribution in [0, 0.1) is 5.92 Å². The van der Waals surface area contributed by atoms with Gasteiger partial charge in [0.2, 0.25) is 0 Å². The zero-order valence-corrected chi connectivity index (χ0v) is 14.7. The Bertz CT molecular complexity index is 381. The van der Waals surface area contributed by atoms with Crippen LogP contribution in [-0.2, 0) is 0 Å². The molecule has 0 bridgehead atoms. The van der Waals surface area contributed by atoms with E-state index in [2.05, 4.69) is 45.1 Å². The molecule has 0 spiro atoms. The summed E-state index contributed by atoms with van der Waals surface area (Å²) in [6, 6.07) is 2.65. The monoisotopic (exact) mass is 322 g/mol. The molecule has 0 saturated carbocycles. The molecule has 1 N–H and O–H groups in total. The number of halogens is 2. The summed E-state index contributed by atoms with van der Waals surface area (Å²) in [5.41, 5.74) is 1.10. The Morgan fingerprint density at radius 1 is 1.26 bits per heavy atom. The second-order valence-electron chi connectivity index (χ2n) is 5.76. The van der Waals surface area contributed by atoms with Gasteiger partial charge in [0.05, 0.1) is 8.67 Å². The Morgan fingerprint density at radius 2 is 1.89 bits per heavy atom. The van der Waals surface area contributed by atoms with Gasteiger partial charge in [0.1, 0.15) is 0 Å². The molecule has 1 heterocycles. The molecule has 2 unspecified atom stereocenters. The Hall–Kier alpha value is 0.200. The largest absolute Gasteiger partial charge is 0.308 e. The van der Waals surface area contributed by atoms with Gasteiger partial charge in [0.25, 0.3) is 0 Å². The van der Waals surface area contributed by atoms with E-state index in [-0.39, 0.29) is 6.04 Å². The minimum absolute atomic E-state index is 0.222. The van der Waals surface area contributed by atoms with Gasteiger partial charge in [0, 0.05) is 18.6 Å². The predicted molar refractivity (Wildman–Crippen MR) is 87.7 cm³/mol. The van der Waals surface area contributed by atoms with Gasteiger partial charge in [0.15, 0.2) is 0 Å². The maximum absolute atomic E-state index is 6.22. The lowest BCUT2D eigenvalue weighted by Gasteiger charge is -2.27. The molecule has 0 aliphatic rings. The summed E-state index contributed by atoms with van der Waals surface area (Å²) >= 11 is 13.7. The van der Waals surface area contributed by atoms with Crippen LogP contribution in [0.3, 0.4) is 0 Å². The van der Waals surface area contributed by atoms with Crippen LogP contribution in [0.5, 0.6) is 0 Å². The van der Waals surface area contributed by atoms with Gasteiger partial charge < -0.3 is 10.2 Å². The third-order valence-electron chi connectivity index (χ3n) is 2.98. The zero-order chi connectivity index (χ0) is 14.6. The first-order chi connectivity index (χ1) is 8.79. The van der Waals surface area contributed by atoms with E-state index >= 15 is 0 Å². The van der Waals surface area contributed by atoms with Crippen molar-refractivity contribution < 1.29 is 0 Å².